The molecule has 0 atom stereocenters. The van der Waals surface area contributed by atoms with E-state index in [4.69, 9.17) is 0 Å². The number of likely N-dealkylation sites (tertiary alicyclic amines) is 1. The van der Waals surface area contributed by atoms with E-state index in [1.165, 1.54) is 181 Å². The summed E-state index contributed by atoms with van der Waals surface area (Å²) in [6.45, 7) is 12.6. The van der Waals surface area contributed by atoms with Crippen LogP contribution in [0.3, 0.4) is 0 Å². The molecule has 202 valence electrons. The van der Waals surface area contributed by atoms with Crippen molar-refractivity contribution in [3.8, 4) is 0 Å². The van der Waals surface area contributed by atoms with Gasteiger partial charge in [-0.1, -0.05) is 116 Å². The molecule has 0 unspecified atom stereocenters. The standard InChI is InChI=1S/C32H64N2/c1-3-5-7-9-11-13-14-15-16-17-18-20-22-24-28-33(31-32-34-29-25-26-30-34)27-23-21-19-12-10-8-6-4-2/h13-14H,3-12,15-32H2,1-2H3/b14-13-. The molecule has 1 heterocycles. The fourth-order valence-corrected chi connectivity index (χ4v) is 5.32. The quantitative estimate of drug-likeness (QED) is 0.0905. The minimum Gasteiger partial charge on any atom is -0.302 e. The van der Waals surface area contributed by atoms with E-state index < -0.39 is 0 Å². The molecule has 0 aromatic carbocycles. The van der Waals surface area contributed by atoms with E-state index in [0.717, 1.165) is 0 Å². The van der Waals surface area contributed by atoms with E-state index in [-0.39, 0.29) is 0 Å². The minimum absolute atomic E-state index is 1.30. The first-order chi connectivity index (χ1) is 16.9. The minimum atomic E-state index is 1.30. The van der Waals surface area contributed by atoms with Gasteiger partial charge < -0.3 is 9.80 Å². The molecule has 0 radical (unpaired) electrons. The van der Waals surface area contributed by atoms with Crippen molar-refractivity contribution in [2.24, 2.45) is 0 Å². The maximum atomic E-state index is 2.81. The molecular formula is C32H64N2. The van der Waals surface area contributed by atoms with Gasteiger partial charge in [0.05, 0.1) is 0 Å². The van der Waals surface area contributed by atoms with E-state index >= 15 is 0 Å². The van der Waals surface area contributed by atoms with Crippen molar-refractivity contribution < 1.29 is 0 Å². The topological polar surface area (TPSA) is 6.48 Å². The van der Waals surface area contributed by atoms with Gasteiger partial charge in [0, 0.05) is 13.1 Å². The second kappa shape index (κ2) is 25.7. The highest BCUT2D eigenvalue weighted by molar-refractivity contribution is 4.81. The molecular weight excluding hydrogens is 412 g/mol. The second-order valence-electron chi connectivity index (χ2n) is 11.1. The van der Waals surface area contributed by atoms with Crippen LogP contribution in [0.4, 0.5) is 0 Å². The van der Waals surface area contributed by atoms with Gasteiger partial charge in [-0.15, -0.1) is 0 Å². The SMILES string of the molecule is CCCCCC/C=C\CCCCCCCCN(CCCCCCCCCC)CCN1CCCC1. The maximum absolute atomic E-state index is 2.81. The predicted octanol–water partition coefficient (Wildman–Crippen LogP) is 9.78. The molecule has 1 aliphatic heterocycles. The number of hydrogen-bond donors (Lipinski definition) is 0. The van der Waals surface area contributed by atoms with Gasteiger partial charge in [0.25, 0.3) is 0 Å². The summed E-state index contributed by atoms with van der Waals surface area (Å²) in [5, 5.41) is 0. The van der Waals surface area contributed by atoms with Gasteiger partial charge in [-0.3, -0.25) is 0 Å². The van der Waals surface area contributed by atoms with Gasteiger partial charge in [0.1, 0.15) is 0 Å². The first kappa shape index (κ1) is 31.7. The highest BCUT2D eigenvalue weighted by Crippen LogP contribution is 2.12. The van der Waals surface area contributed by atoms with Crippen LogP contribution >= 0.6 is 0 Å². The van der Waals surface area contributed by atoms with E-state index in [0.29, 0.717) is 0 Å². The fourth-order valence-electron chi connectivity index (χ4n) is 5.32. The van der Waals surface area contributed by atoms with Gasteiger partial charge in [-0.05, 0) is 77.5 Å². The number of allylic oxidation sites excluding steroid dienone is 2. The smallest absolute Gasteiger partial charge is 0.0109 e. The molecule has 34 heavy (non-hydrogen) atoms. The summed E-state index contributed by atoms with van der Waals surface area (Å²) in [5.41, 5.74) is 0. The molecule has 0 amide bonds. The lowest BCUT2D eigenvalue weighted by molar-refractivity contribution is 0.217. The molecule has 1 fully saturated rings. The molecule has 2 nitrogen and oxygen atoms in total. The zero-order chi connectivity index (χ0) is 24.4. The van der Waals surface area contributed by atoms with E-state index in [9.17, 15) is 0 Å². The van der Waals surface area contributed by atoms with Crippen molar-refractivity contribution in [3.05, 3.63) is 12.2 Å². The van der Waals surface area contributed by atoms with Crippen LogP contribution in [0.15, 0.2) is 12.2 Å². The van der Waals surface area contributed by atoms with Crippen molar-refractivity contribution in [2.75, 3.05) is 39.3 Å². The van der Waals surface area contributed by atoms with Crippen molar-refractivity contribution in [3.63, 3.8) is 0 Å². The third-order valence-electron chi connectivity index (χ3n) is 7.75. The van der Waals surface area contributed by atoms with Gasteiger partial charge in [0.2, 0.25) is 0 Å². The highest BCUT2D eigenvalue weighted by Gasteiger charge is 2.13. The van der Waals surface area contributed by atoms with Crippen LogP contribution in [0.1, 0.15) is 155 Å². The van der Waals surface area contributed by atoms with Gasteiger partial charge in [-0.2, -0.15) is 0 Å². The number of nitrogens with zero attached hydrogens (tertiary/aromatic N) is 2. The van der Waals surface area contributed by atoms with Crippen LogP contribution < -0.4 is 0 Å². The Morgan fingerprint density at radius 2 is 0.912 bits per heavy atom. The van der Waals surface area contributed by atoms with Gasteiger partial charge in [-0.25, -0.2) is 0 Å². The Balaban J connectivity index is 2.02. The molecule has 1 saturated heterocycles. The van der Waals surface area contributed by atoms with Crippen LogP contribution in [0.25, 0.3) is 0 Å². The highest BCUT2D eigenvalue weighted by atomic mass is 15.2. The van der Waals surface area contributed by atoms with E-state index in [1.807, 2.05) is 0 Å². The van der Waals surface area contributed by atoms with Crippen molar-refractivity contribution in [1.82, 2.24) is 9.80 Å². The Kier molecular flexibility index (Phi) is 24.0. The molecule has 0 bridgehead atoms. The van der Waals surface area contributed by atoms with E-state index in [1.54, 1.807) is 0 Å². The molecule has 1 rings (SSSR count). The third-order valence-corrected chi connectivity index (χ3v) is 7.75. The van der Waals surface area contributed by atoms with Gasteiger partial charge >= 0.3 is 0 Å². The van der Waals surface area contributed by atoms with Gasteiger partial charge in [0.15, 0.2) is 0 Å². The fraction of sp³-hybridized carbons (Fsp3) is 0.938. The zero-order valence-electron chi connectivity index (χ0n) is 23.8. The summed E-state index contributed by atoms with van der Waals surface area (Å²) >= 11 is 0. The third kappa shape index (κ3) is 21.0. The second-order valence-corrected chi connectivity index (χ2v) is 11.1. The molecule has 1 aliphatic rings. The largest absolute Gasteiger partial charge is 0.302 e. The molecule has 0 aromatic rings. The average molecular weight is 477 g/mol. The van der Waals surface area contributed by atoms with Crippen LogP contribution in [-0.2, 0) is 0 Å². The summed E-state index contributed by atoms with van der Waals surface area (Å²) in [7, 11) is 0. The predicted molar refractivity (Wildman–Crippen MR) is 155 cm³/mol. The molecule has 0 aromatic heterocycles. The van der Waals surface area contributed by atoms with Crippen LogP contribution in [0, 0.1) is 0 Å². The first-order valence-corrected chi connectivity index (χ1v) is 16.0. The lowest BCUT2D eigenvalue weighted by atomic mass is 10.1. The Bertz CT molecular complexity index is 413. The molecule has 0 spiro atoms. The normalized spacial score (nSPS) is 14.8. The Labute approximate surface area is 216 Å². The Hall–Kier alpha value is -0.340. The summed E-state index contributed by atoms with van der Waals surface area (Å²) < 4.78 is 0. The summed E-state index contributed by atoms with van der Waals surface area (Å²) in [5.74, 6) is 0. The zero-order valence-corrected chi connectivity index (χ0v) is 23.8. The Morgan fingerprint density at radius 3 is 1.41 bits per heavy atom. The number of hydrogen-bond acceptors (Lipinski definition) is 2. The lowest BCUT2D eigenvalue weighted by Gasteiger charge is -2.25. The lowest BCUT2D eigenvalue weighted by Crippen LogP contribution is -2.35. The molecule has 0 saturated carbocycles. The summed E-state index contributed by atoms with van der Waals surface area (Å²) in [6.07, 6.45) is 35.9. The van der Waals surface area contributed by atoms with Crippen LogP contribution in [0.2, 0.25) is 0 Å². The summed E-state index contributed by atoms with van der Waals surface area (Å²) in [4.78, 5) is 5.50. The van der Waals surface area contributed by atoms with Crippen molar-refractivity contribution in [2.45, 2.75) is 155 Å². The maximum Gasteiger partial charge on any atom is 0.0109 e. The van der Waals surface area contributed by atoms with Crippen LogP contribution in [-0.4, -0.2) is 49.1 Å². The van der Waals surface area contributed by atoms with Crippen LogP contribution in [0.5, 0.6) is 0 Å². The van der Waals surface area contributed by atoms with Crippen molar-refractivity contribution in [1.29, 1.82) is 0 Å². The van der Waals surface area contributed by atoms with E-state index in [2.05, 4.69) is 35.8 Å². The monoisotopic (exact) mass is 477 g/mol. The number of unbranched alkanes of at least 4 members (excludes halogenated alkanes) is 17. The number of rotatable bonds is 26. The molecule has 0 N–H and O–H groups in total. The Morgan fingerprint density at radius 1 is 0.500 bits per heavy atom. The molecule has 0 aliphatic carbocycles. The van der Waals surface area contributed by atoms with Crippen molar-refractivity contribution >= 4 is 0 Å². The first-order valence-electron chi connectivity index (χ1n) is 16.0. The molecule has 2 heteroatoms. The average Bonchev–Trinajstić information content (AvgIpc) is 3.37. The summed E-state index contributed by atoms with van der Waals surface area (Å²) in [6, 6.07) is 0.